The van der Waals surface area contributed by atoms with E-state index in [2.05, 4.69) is 25.5 Å². The number of carbonyl (C=O) groups excluding carboxylic acids is 1. The number of amides is 1. The molecule has 24 heavy (non-hydrogen) atoms. The number of aromatic amines is 1. The summed E-state index contributed by atoms with van der Waals surface area (Å²) in [4.78, 5) is 30.9. The number of nitrogens with zero attached hydrogens (tertiary/aromatic N) is 3. The zero-order valence-electron chi connectivity index (χ0n) is 13.0. The van der Waals surface area contributed by atoms with E-state index >= 15 is 0 Å². The third-order valence-corrected chi connectivity index (χ3v) is 3.34. The van der Waals surface area contributed by atoms with Gasteiger partial charge in [0.15, 0.2) is 5.82 Å². The van der Waals surface area contributed by atoms with Crippen LogP contribution in [0.2, 0.25) is 0 Å². The molecule has 2 heterocycles. The van der Waals surface area contributed by atoms with E-state index in [0.717, 1.165) is 11.1 Å². The average Bonchev–Trinajstić information content (AvgIpc) is 2.57. The minimum Gasteiger partial charge on any atom is -0.320 e. The zero-order chi connectivity index (χ0) is 16.9. The highest BCUT2D eigenvalue weighted by Crippen LogP contribution is 2.09. The van der Waals surface area contributed by atoms with Gasteiger partial charge in [-0.1, -0.05) is 29.8 Å². The monoisotopic (exact) mass is 321 g/mol. The summed E-state index contributed by atoms with van der Waals surface area (Å²) in [6, 6.07) is 11.0. The van der Waals surface area contributed by atoms with E-state index in [-0.39, 0.29) is 18.0 Å². The van der Waals surface area contributed by atoms with Crippen molar-refractivity contribution in [3.8, 4) is 11.5 Å². The van der Waals surface area contributed by atoms with E-state index in [1.54, 1.807) is 12.1 Å². The SMILES string of the molecule is Cc1cccc(CC(=O)Nc2cnc(-c3cccnn3)[nH]c2=O)c1. The molecule has 0 saturated heterocycles. The van der Waals surface area contributed by atoms with Gasteiger partial charge in [-0.3, -0.25) is 9.59 Å². The van der Waals surface area contributed by atoms with Crippen molar-refractivity contribution in [2.24, 2.45) is 0 Å². The van der Waals surface area contributed by atoms with Gasteiger partial charge >= 0.3 is 0 Å². The van der Waals surface area contributed by atoms with Gasteiger partial charge in [0, 0.05) is 6.20 Å². The van der Waals surface area contributed by atoms with Crippen LogP contribution in [-0.4, -0.2) is 26.1 Å². The fourth-order valence-corrected chi connectivity index (χ4v) is 2.24. The second-order valence-corrected chi connectivity index (χ2v) is 5.30. The number of rotatable bonds is 4. The second-order valence-electron chi connectivity index (χ2n) is 5.30. The van der Waals surface area contributed by atoms with E-state index in [4.69, 9.17) is 0 Å². The first-order valence-electron chi connectivity index (χ1n) is 7.34. The van der Waals surface area contributed by atoms with Crippen LogP contribution in [0.3, 0.4) is 0 Å². The lowest BCUT2D eigenvalue weighted by Gasteiger charge is -2.06. The first-order valence-corrected chi connectivity index (χ1v) is 7.34. The standard InChI is InChI=1S/C17H15N5O2/c1-11-4-2-5-12(8-11)9-15(23)20-14-10-18-16(21-17(14)24)13-6-3-7-19-22-13/h2-8,10H,9H2,1H3,(H,20,23)(H,18,21,24). The quantitative estimate of drug-likeness (QED) is 0.762. The van der Waals surface area contributed by atoms with Crippen LogP contribution in [0.25, 0.3) is 11.5 Å². The molecule has 0 atom stereocenters. The molecule has 3 rings (SSSR count). The summed E-state index contributed by atoms with van der Waals surface area (Å²) in [5.41, 5.74) is 2.07. The Morgan fingerprint density at radius 3 is 2.83 bits per heavy atom. The molecule has 2 N–H and O–H groups in total. The molecule has 2 aromatic heterocycles. The molecule has 1 aromatic carbocycles. The lowest BCUT2D eigenvalue weighted by Crippen LogP contribution is -2.22. The normalized spacial score (nSPS) is 10.4. The number of nitrogens with one attached hydrogen (secondary N) is 2. The number of aryl methyl sites for hydroxylation is 1. The van der Waals surface area contributed by atoms with Crippen LogP contribution in [-0.2, 0) is 11.2 Å². The van der Waals surface area contributed by atoms with Crippen LogP contribution in [0.15, 0.2) is 53.6 Å². The Morgan fingerprint density at radius 2 is 2.12 bits per heavy atom. The first kappa shape index (κ1) is 15.5. The fraction of sp³-hybridized carbons (Fsp3) is 0.118. The van der Waals surface area contributed by atoms with Gasteiger partial charge in [0.2, 0.25) is 5.91 Å². The third kappa shape index (κ3) is 3.70. The lowest BCUT2D eigenvalue weighted by molar-refractivity contribution is -0.115. The van der Waals surface area contributed by atoms with Crippen molar-refractivity contribution in [1.82, 2.24) is 20.2 Å². The van der Waals surface area contributed by atoms with E-state index < -0.39 is 5.56 Å². The smallest absolute Gasteiger partial charge is 0.274 e. The Hall–Kier alpha value is -3.35. The molecule has 0 unspecified atom stereocenters. The van der Waals surface area contributed by atoms with E-state index in [9.17, 15) is 9.59 Å². The van der Waals surface area contributed by atoms with Crippen LogP contribution in [0.4, 0.5) is 5.69 Å². The van der Waals surface area contributed by atoms with Gasteiger partial charge in [-0.2, -0.15) is 5.10 Å². The minimum atomic E-state index is -0.441. The van der Waals surface area contributed by atoms with Crippen molar-refractivity contribution in [3.63, 3.8) is 0 Å². The summed E-state index contributed by atoms with van der Waals surface area (Å²) in [5, 5.41) is 10.2. The second kappa shape index (κ2) is 6.82. The Balaban J connectivity index is 1.74. The summed E-state index contributed by atoms with van der Waals surface area (Å²) in [6.07, 6.45) is 3.03. The fourth-order valence-electron chi connectivity index (χ4n) is 2.24. The molecular formula is C17H15N5O2. The van der Waals surface area contributed by atoms with Gasteiger partial charge in [-0.15, -0.1) is 5.10 Å². The largest absolute Gasteiger partial charge is 0.320 e. The van der Waals surface area contributed by atoms with Crippen molar-refractivity contribution in [3.05, 3.63) is 70.3 Å². The topological polar surface area (TPSA) is 101 Å². The molecule has 0 fully saturated rings. The number of hydrogen-bond donors (Lipinski definition) is 2. The summed E-state index contributed by atoms with van der Waals surface area (Å²) in [5.74, 6) is 0.0185. The number of carbonyl (C=O) groups is 1. The predicted molar refractivity (Wildman–Crippen MR) is 89.4 cm³/mol. The Bertz CT molecular complexity index is 922. The molecular weight excluding hydrogens is 306 g/mol. The molecule has 0 bridgehead atoms. The van der Waals surface area contributed by atoms with E-state index in [1.165, 1.54) is 12.4 Å². The molecule has 3 aromatic rings. The molecule has 7 heteroatoms. The number of benzene rings is 1. The third-order valence-electron chi connectivity index (χ3n) is 3.34. The summed E-state index contributed by atoms with van der Waals surface area (Å²) < 4.78 is 0. The van der Waals surface area contributed by atoms with Gasteiger partial charge in [-0.25, -0.2) is 4.98 Å². The number of H-pyrrole nitrogens is 1. The number of anilines is 1. The van der Waals surface area contributed by atoms with Crippen LogP contribution in [0.5, 0.6) is 0 Å². The maximum absolute atomic E-state index is 12.1. The van der Waals surface area contributed by atoms with E-state index in [0.29, 0.717) is 11.5 Å². The Labute approximate surface area is 137 Å². The molecule has 0 spiro atoms. The lowest BCUT2D eigenvalue weighted by atomic mass is 10.1. The Morgan fingerprint density at radius 1 is 1.25 bits per heavy atom. The van der Waals surface area contributed by atoms with Crippen LogP contribution >= 0.6 is 0 Å². The van der Waals surface area contributed by atoms with Crippen molar-refractivity contribution in [1.29, 1.82) is 0 Å². The van der Waals surface area contributed by atoms with Gasteiger partial charge in [0.1, 0.15) is 11.4 Å². The van der Waals surface area contributed by atoms with Gasteiger partial charge in [-0.05, 0) is 24.6 Å². The van der Waals surface area contributed by atoms with Crippen LogP contribution in [0, 0.1) is 6.92 Å². The summed E-state index contributed by atoms with van der Waals surface area (Å²) in [7, 11) is 0. The number of aromatic nitrogens is 4. The Kier molecular flexibility index (Phi) is 4.42. The zero-order valence-corrected chi connectivity index (χ0v) is 13.0. The molecule has 0 radical (unpaired) electrons. The molecule has 120 valence electrons. The molecule has 0 aliphatic carbocycles. The van der Waals surface area contributed by atoms with Crippen molar-refractivity contribution >= 4 is 11.6 Å². The van der Waals surface area contributed by atoms with Gasteiger partial charge in [0.05, 0.1) is 12.6 Å². The maximum Gasteiger partial charge on any atom is 0.274 e. The van der Waals surface area contributed by atoms with Crippen molar-refractivity contribution in [2.45, 2.75) is 13.3 Å². The highest BCUT2D eigenvalue weighted by atomic mass is 16.2. The van der Waals surface area contributed by atoms with Gasteiger partial charge < -0.3 is 10.3 Å². The van der Waals surface area contributed by atoms with E-state index in [1.807, 2.05) is 31.2 Å². The van der Waals surface area contributed by atoms with Crippen molar-refractivity contribution in [2.75, 3.05) is 5.32 Å². The highest BCUT2D eigenvalue weighted by Gasteiger charge is 2.10. The van der Waals surface area contributed by atoms with Crippen LogP contribution in [0.1, 0.15) is 11.1 Å². The minimum absolute atomic E-state index is 0.0975. The maximum atomic E-state index is 12.1. The molecule has 0 aliphatic rings. The molecule has 7 nitrogen and oxygen atoms in total. The highest BCUT2D eigenvalue weighted by molar-refractivity contribution is 5.92. The van der Waals surface area contributed by atoms with Gasteiger partial charge in [0.25, 0.3) is 5.56 Å². The van der Waals surface area contributed by atoms with Crippen molar-refractivity contribution < 1.29 is 4.79 Å². The molecule has 0 saturated carbocycles. The van der Waals surface area contributed by atoms with Crippen LogP contribution < -0.4 is 10.9 Å². The summed E-state index contributed by atoms with van der Waals surface area (Å²) in [6.45, 7) is 1.96. The molecule has 0 aliphatic heterocycles. The summed E-state index contributed by atoms with van der Waals surface area (Å²) >= 11 is 0. The predicted octanol–water partition coefficient (Wildman–Crippen LogP) is 1.72. The number of hydrogen-bond acceptors (Lipinski definition) is 5. The first-order chi connectivity index (χ1) is 11.6. The average molecular weight is 321 g/mol. The molecule has 1 amide bonds.